The third-order valence-electron chi connectivity index (χ3n) is 3.49. The molecule has 0 bridgehead atoms. The summed E-state index contributed by atoms with van der Waals surface area (Å²) in [5, 5.41) is 11.7. The average molecular weight is 328 g/mol. The lowest BCUT2D eigenvalue weighted by atomic mass is 9.96. The number of aliphatic hydroxyl groups excluding tert-OH is 1. The van der Waals surface area contributed by atoms with Gasteiger partial charge in [-0.2, -0.15) is 0 Å². The fourth-order valence-corrected chi connectivity index (χ4v) is 2.90. The van der Waals surface area contributed by atoms with Crippen molar-refractivity contribution in [1.29, 1.82) is 0 Å². The number of pyridine rings is 1. The van der Waals surface area contributed by atoms with E-state index in [1.54, 1.807) is 6.20 Å². The summed E-state index contributed by atoms with van der Waals surface area (Å²) in [6.45, 7) is 2.02. The molecule has 0 aliphatic rings. The molecular weight excluding hydrogens is 314 g/mol. The fraction of sp³-hybridized carbons (Fsp3) is 0.118. The topological polar surface area (TPSA) is 33.1 Å². The van der Waals surface area contributed by atoms with E-state index in [0.717, 1.165) is 32.1 Å². The van der Waals surface area contributed by atoms with Crippen molar-refractivity contribution in [2.75, 3.05) is 0 Å². The molecule has 0 aliphatic heterocycles. The maximum Gasteiger partial charge on any atom is 0.106 e. The summed E-state index contributed by atoms with van der Waals surface area (Å²) >= 11 is 3.57. The molecule has 0 aliphatic carbocycles. The van der Waals surface area contributed by atoms with Gasteiger partial charge in [-0.05, 0) is 35.7 Å². The minimum absolute atomic E-state index is 0.669. The molecule has 0 saturated heterocycles. The van der Waals surface area contributed by atoms with Gasteiger partial charge >= 0.3 is 0 Å². The smallest absolute Gasteiger partial charge is 0.106 e. The van der Waals surface area contributed by atoms with E-state index in [-0.39, 0.29) is 0 Å². The summed E-state index contributed by atoms with van der Waals surface area (Å²) < 4.78 is 0.952. The maximum absolute atomic E-state index is 10.7. The Morgan fingerprint density at radius 3 is 2.60 bits per heavy atom. The van der Waals surface area contributed by atoms with Gasteiger partial charge in [0.1, 0.15) is 6.10 Å². The molecule has 0 radical (unpaired) electrons. The lowest BCUT2D eigenvalue weighted by Gasteiger charge is -2.16. The monoisotopic (exact) mass is 327 g/mol. The molecular formula is C17H14BrNO. The Morgan fingerprint density at radius 2 is 1.75 bits per heavy atom. The SMILES string of the molecule is Cc1cccc(C(O)c2cccc3ncccc23)c1Br. The van der Waals surface area contributed by atoms with Crippen LogP contribution in [-0.2, 0) is 0 Å². The molecule has 3 rings (SSSR count). The Bertz CT molecular complexity index is 765. The standard InChI is InChI=1S/C17H14BrNO/c1-11-5-2-7-14(16(11)18)17(20)13-6-3-9-15-12(13)8-4-10-19-15/h2-10,17,20H,1H3. The van der Waals surface area contributed by atoms with Crippen molar-refractivity contribution in [2.45, 2.75) is 13.0 Å². The van der Waals surface area contributed by atoms with Gasteiger partial charge in [-0.3, -0.25) is 4.98 Å². The number of aromatic nitrogens is 1. The minimum Gasteiger partial charge on any atom is -0.384 e. The van der Waals surface area contributed by atoms with Crippen LogP contribution in [0.5, 0.6) is 0 Å². The summed E-state index contributed by atoms with van der Waals surface area (Å²) in [6.07, 6.45) is 1.10. The van der Waals surface area contributed by atoms with Gasteiger partial charge in [0.2, 0.25) is 0 Å². The summed E-state index contributed by atoms with van der Waals surface area (Å²) in [7, 11) is 0. The van der Waals surface area contributed by atoms with Crippen molar-refractivity contribution in [3.8, 4) is 0 Å². The van der Waals surface area contributed by atoms with Gasteiger partial charge in [-0.15, -0.1) is 0 Å². The molecule has 0 saturated carbocycles. The number of fused-ring (bicyclic) bond motifs is 1. The van der Waals surface area contributed by atoms with Crippen LogP contribution < -0.4 is 0 Å². The van der Waals surface area contributed by atoms with Crippen molar-refractivity contribution < 1.29 is 5.11 Å². The summed E-state index contributed by atoms with van der Waals surface area (Å²) in [5.41, 5.74) is 3.76. The Hall–Kier alpha value is -1.71. The van der Waals surface area contributed by atoms with Crippen LogP contribution in [0.4, 0.5) is 0 Å². The minimum atomic E-state index is -0.669. The highest BCUT2D eigenvalue weighted by molar-refractivity contribution is 9.10. The van der Waals surface area contributed by atoms with Gasteiger partial charge in [0.15, 0.2) is 0 Å². The Labute approximate surface area is 126 Å². The number of hydrogen-bond acceptors (Lipinski definition) is 2. The first-order valence-corrected chi connectivity index (χ1v) is 7.24. The lowest BCUT2D eigenvalue weighted by molar-refractivity contribution is 0.221. The van der Waals surface area contributed by atoms with Crippen LogP contribution in [0.25, 0.3) is 10.9 Å². The van der Waals surface area contributed by atoms with Crippen LogP contribution >= 0.6 is 15.9 Å². The lowest BCUT2D eigenvalue weighted by Crippen LogP contribution is -2.02. The predicted molar refractivity (Wildman–Crippen MR) is 84.7 cm³/mol. The van der Waals surface area contributed by atoms with Crippen molar-refractivity contribution in [2.24, 2.45) is 0 Å². The molecule has 0 fully saturated rings. The molecule has 3 heteroatoms. The molecule has 1 heterocycles. The Balaban J connectivity index is 2.18. The predicted octanol–water partition coefficient (Wildman–Crippen LogP) is 4.39. The van der Waals surface area contributed by atoms with E-state index in [0.29, 0.717) is 0 Å². The molecule has 1 aromatic heterocycles. The van der Waals surface area contributed by atoms with E-state index in [1.807, 2.05) is 55.5 Å². The number of hydrogen-bond donors (Lipinski definition) is 1. The normalized spacial score (nSPS) is 12.6. The van der Waals surface area contributed by atoms with Crippen LogP contribution in [0, 0.1) is 6.92 Å². The van der Waals surface area contributed by atoms with E-state index in [1.165, 1.54) is 0 Å². The quantitative estimate of drug-likeness (QED) is 0.757. The summed E-state index contributed by atoms with van der Waals surface area (Å²) in [5.74, 6) is 0. The number of aliphatic hydroxyl groups is 1. The first kappa shape index (κ1) is 13.3. The second-order valence-corrected chi connectivity index (χ2v) is 5.59. The molecule has 2 aromatic carbocycles. The highest BCUT2D eigenvalue weighted by Gasteiger charge is 2.16. The Kier molecular flexibility index (Phi) is 3.55. The third-order valence-corrected chi connectivity index (χ3v) is 4.57. The number of rotatable bonds is 2. The van der Waals surface area contributed by atoms with E-state index >= 15 is 0 Å². The largest absolute Gasteiger partial charge is 0.384 e. The van der Waals surface area contributed by atoms with E-state index in [4.69, 9.17) is 0 Å². The van der Waals surface area contributed by atoms with Crippen molar-refractivity contribution in [3.05, 3.63) is 75.9 Å². The average Bonchev–Trinajstić information content (AvgIpc) is 2.49. The van der Waals surface area contributed by atoms with Gasteiger partial charge in [0.25, 0.3) is 0 Å². The number of halogens is 1. The first-order valence-electron chi connectivity index (χ1n) is 6.45. The number of benzene rings is 2. The molecule has 2 nitrogen and oxygen atoms in total. The molecule has 1 N–H and O–H groups in total. The zero-order valence-electron chi connectivity index (χ0n) is 11.0. The van der Waals surface area contributed by atoms with Crippen molar-refractivity contribution >= 4 is 26.8 Å². The van der Waals surface area contributed by atoms with Gasteiger partial charge < -0.3 is 5.11 Å². The summed E-state index contributed by atoms with van der Waals surface area (Å²) in [4.78, 5) is 4.34. The number of aryl methyl sites for hydroxylation is 1. The van der Waals surface area contributed by atoms with Crippen LogP contribution in [0.15, 0.2) is 59.2 Å². The highest BCUT2D eigenvalue weighted by Crippen LogP contribution is 2.33. The van der Waals surface area contributed by atoms with Gasteiger partial charge in [0, 0.05) is 16.1 Å². The molecule has 0 amide bonds. The zero-order valence-corrected chi connectivity index (χ0v) is 12.6. The van der Waals surface area contributed by atoms with Crippen molar-refractivity contribution in [3.63, 3.8) is 0 Å². The van der Waals surface area contributed by atoms with Crippen molar-refractivity contribution in [1.82, 2.24) is 4.98 Å². The molecule has 20 heavy (non-hydrogen) atoms. The molecule has 1 atom stereocenters. The second kappa shape index (κ2) is 5.35. The van der Waals surface area contributed by atoms with Crippen LogP contribution in [0.1, 0.15) is 22.8 Å². The van der Waals surface area contributed by atoms with E-state index < -0.39 is 6.10 Å². The molecule has 3 aromatic rings. The summed E-state index contributed by atoms with van der Waals surface area (Å²) in [6, 6.07) is 15.6. The number of nitrogens with zero attached hydrogens (tertiary/aromatic N) is 1. The van der Waals surface area contributed by atoms with E-state index in [2.05, 4.69) is 20.9 Å². The fourth-order valence-electron chi connectivity index (χ4n) is 2.41. The van der Waals surface area contributed by atoms with Gasteiger partial charge in [0.05, 0.1) is 5.52 Å². The van der Waals surface area contributed by atoms with Gasteiger partial charge in [-0.25, -0.2) is 0 Å². The Morgan fingerprint density at radius 1 is 1.00 bits per heavy atom. The van der Waals surface area contributed by atoms with Crippen LogP contribution in [-0.4, -0.2) is 10.1 Å². The van der Waals surface area contributed by atoms with Crippen LogP contribution in [0.2, 0.25) is 0 Å². The maximum atomic E-state index is 10.7. The molecule has 0 spiro atoms. The zero-order chi connectivity index (χ0) is 14.1. The first-order chi connectivity index (χ1) is 9.68. The van der Waals surface area contributed by atoms with Crippen LogP contribution in [0.3, 0.4) is 0 Å². The highest BCUT2D eigenvalue weighted by atomic mass is 79.9. The van der Waals surface area contributed by atoms with Gasteiger partial charge in [-0.1, -0.05) is 52.3 Å². The van der Waals surface area contributed by atoms with E-state index in [9.17, 15) is 5.11 Å². The molecule has 100 valence electrons. The third kappa shape index (κ3) is 2.23. The second-order valence-electron chi connectivity index (χ2n) is 4.80. The molecule has 1 unspecified atom stereocenters.